The van der Waals surface area contributed by atoms with Gasteiger partial charge < -0.3 is 19.1 Å². The number of anilines is 1. The summed E-state index contributed by atoms with van der Waals surface area (Å²) in [5, 5.41) is 7.03. The number of thiazole rings is 1. The van der Waals surface area contributed by atoms with Crippen LogP contribution < -0.4 is 4.90 Å². The fraction of sp³-hybridized carbons (Fsp3) is 0.562. The van der Waals surface area contributed by atoms with Crippen molar-refractivity contribution >= 4 is 23.1 Å². The second-order valence-corrected chi connectivity index (χ2v) is 6.96. The highest BCUT2D eigenvalue weighted by Gasteiger charge is 2.32. The lowest BCUT2D eigenvalue weighted by Crippen LogP contribution is -2.38. The molecule has 1 unspecified atom stereocenters. The van der Waals surface area contributed by atoms with Crippen LogP contribution in [0.4, 0.5) is 5.82 Å². The van der Waals surface area contributed by atoms with Crippen LogP contribution in [0, 0.1) is 0 Å². The van der Waals surface area contributed by atoms with Crippen molar-refractivity contribution in [2.75, 3.05) is 37.7 Å². The fourth-order valence-corrected chi connectivity index (χ4v) is 4.07. The summed E-state index contributed by atoms with van der Waals surface area (Å²) in [7, 11) is 0. The molecule has 2 fully saturated rings. The molecule has 0 radical (unpaired) electrons. The summed E-state index contributed by atoms with van der Waals surface area (Å²) in [6.07, 6.45) is 4.87. The SMILES string of the molecule is O=C(c1cc(N2CCOCC2)no1)N1CCCCC1c1nccs1. The van der Waals surface area contributed by atoms with E-state index in [1.54, 1.807) is 23.6 Å². The van der Waals surface area contributed by atoms with E-state index in [2.05, 4.69) is 15.0 Å². The van der Waals surface area contributed by atoms with Crippen LogP contribution in [0.5, 0.6) is 0 Å². The second kappa shape index (κ2) is 6.90. The monoisotopic (exact) mass is 348 g/mol. The van der Waals surface area contributed by atoms with Crippen LogP contribution in [-0.4, -0.2) is 53.8 Å². The van der Waals surface area contributed by atoms with Crippen molar-refractivity contribution in [1.82, 2.24) is 15.0 Å². The summed E-state index contributed by atoms with van der Waals surface area (Å²) in [5.41, 5.74) is 0. The van der Waals surface area contributed by atoms with Crippen LogP contribution in [0.2, 0.25) is 0 Å². The Hall–Kier alpha value is -1.93. The number of likely N-dealkylation sites (tertiary alicyclic amines) is 1. The Kier molecular flexibility index (Phi) is 4.48. The zero-order chi connectivity index (χ0) is 16.4. The van der Waals surface area contributed by atoms with Crippen LogP contribution >= 0.6 is 11.3 Å². The topological polar surface area (TPSA) is 71.7 Å². The van der Waals surface area contributed by atoms with Crippen molar-refractivity contribution in [3.63, 3.8) is 0 Å². The summed E-state index contributed by atoms with van der Waals surface area (Å²) < 4.78 is 10.7. The molecule has 1 amide bonds. The van der Waals surface area contributed by atoms with E-state index >= 15 is 0 Å². The molecule has 128 valence electrons. The van der Waals surface area contributed by atoms with Gasteiger partial charge in [0.25, 0.3) is 5.91 Å². The van der Waals surface area contributed by atoms with Crippen LogP contribution in [0.25, 0.3) is 0 Å². The number of hydrogen-bond donors (Lipinski definition) is 0. The maximum Gasteiger partial charge on any atom is 0.293 e. The molecule has 2 aromatic heterocycles. The third-order valence-electron chi connectivity index (χ3n) is 4.54. The van der Waals surface area contributed by atoms with Gasteiger partial charge in [-0.1, -0.05) is 5.16 Å². The van der Waals surface area contributed by atoms with Crippen molar-refractivity contribution < 1.29 is 14.1 Å². The largest absolute Gasteiger partial charge is 0.378 e. The van der Waals surface area contributed by atoms with Crippen LogP contribution in [0.15, 0.2) is 22.2 Å². The molecular formula is C16H20N4O3S. The van der Waals surface area contributed by atoms with Crippen LogP contribution in [0.3, 0.4) is 0 Å². The van der Waals surface area contributed by atoms with Gasteiger partial charge in [0.2, 0.25) is 5.76 Å². The number of piperidine rings is 1. The molecule has 8 heteroatoms. The average Bonchev–Trinajstić information content (AvgIpc) is 3.34. The first-order valence-corrected chi connectivity index (χ1v) is 9.20. The number of amides is 1. The number of carbonyl (C=O) groups excluding carboxylic acids is 1. The molecule has 0 spiro atoms. The molecule has 24 heavy (non-hydrogen) atoms. The second-order valence-electron chi connectivity index (χ2n) is 6.03. The number of morpholine rings is 1. The molecule has 2 aliphatic heterocycles. The first-order chi connectivity index (χ1) is 11.8. The highest BCUT2D eigenvalue weighted by molar-refractivity contribution is 7.09. The molecule has 1 atom stereocenters. The van der Waals surface area contributed by atoms with Crippen molar-refractivity contribution in [3.05, 3.63) is 28.4 Å². The summed E-state index contributed by atoms with van der Waals surface area (Å²) in [4.78, 5) is 21.3. The van der Waals surface area contributed by atoms with Crippen molar-refractivity contribution in [2.24, 2.45) is 0 Å². The Bertz CT molecular complexity index is 681. The average molecular weight is 348 g/mol. The highest BCUT2D eigenvalue weighted by Crippen LogP contribution is 2.33. The van der Waals surface area contributed by atoms with Crippen molar-refractivity contribution in [1.29, 1.82) is 0 Å². The molecule has 0 N–H and O–H groups in total. The molecule has 4 heterocycles. The predicted octanol–water partition coefficient (Wildman–Crippen LogP) is 2.34. The van der Waals surface area contributed by atoms with E-state index < -0.39 is 0 Å². The first-order valence-electron chi connectivity index (χ1n) is 8.33. The van der Waals surface area contributed by atoms with E-state index in [9.17, 15) is 4.79 Å². The van der Waals surface area contributed by atoms with Gasteiger partial charge in [-0.05, 0) is 19.3 Å². The van der Waals surface area contributed by atoms with E-state index in [-0.39, 0.29) is 11.9 Å². The predicted molar refractivity (Wildman–Crippen MR) is 89.3 cm³/mol. The molecular weight excluding hydrogens is 328 g/mol. The molecule has 7 nitrogen and oxygen atoms in total. The van der Waals surface area contributed by atoms with Gasteiger partial charge in [-0.25, -0.2) is 4.98 Å². The van der Waals surface area contributed by atoms with Gasteiger partial charge in [0.05, 0.1) is 19.3 Å². The van der Waals surface area contributed by atoms with E-state index in [0.717, 1.165) is 43.9 Å². The van der Waals surface area contributed by atoms with E-state index in [4.69, 9.17) is 9.26 Å². The Morgan fingerprint density at radius 2 is 2.12 bits per heavy atom. The quantitative estimate of drug-likeness (QED) is 0.848. The van der Waals surface area contributed by atoms with Gasteiger partial charge in [-0.15, -0.1) is 11.3 Å². The maximum atomic E-state index is 12.9. The van der Waals surface area contributed by atoms with E-state index in [1.807, 2.05) is 10.3 Å². The fourth-order valence-electron chi connectivity index (χ4n) is 3.28. The minimum atomic E-state index is -0.0955. The molecule has 2 aliphatic rings. The first kappa shape index (κ1) is 15.6. The number of ether oxygens (including phenoxy) is 1. The Balaban J connectivity index is 1.52. The lowest BCUT2D eigenvalue weighted by molar-refractivity contribution is 0.0569. The minimum Gasteiger partial charge on any atom is -0.378 e. The lowest BCUT2D eigenvalue weighted by atomic mass is 10.0. The molecule has 2 aromatic rings. The number of aromatic nitrogens is 2. The number of hydrogen-bond acceptors (Lipinski definition) is 7. The standard InChI is InChI=1S/C16H20N4O3S/c21-16(13-11-14(18-23-13)19-6-8-22-9-7-19)20-5-2-1-3-12(20)15-17-4-10-24-15/h4,10-12H,1-3,5-9H2. The zero-order valence-electron chi connectivity index (χ0n) is 13.4. The molecule has 0 aliphatic carbocycles. The Labute approximate surface area is 144 Å². The Morgan fingerprint density at radius 1 is 1.25 bits per heavy atom. The normalized spacial score (nSPS) is 21.9. The summed E-state index contributed by atoms with van der Waals surface area (Å²) in [6, 6.07) is 1.80. The smallest absolute Gasteiger partial charge is 0.293 e. The zero-order valence-corrected chi connectivity index (χ0v) is 14.2. The van der Waals surface area contributed by atoms with Crippen molar-refractivity contribution in [2.45, 2.75) is 25.3 Å². The Morgan fingerprint density at radius 3 is 2.92 bits per heavy atom. The molecule has 0 bridgehead atoms. The minimum absolute atomic E-state index is 0.0446. The van der Waals surface area contributed by atoms with Gasteiger partial charge in [-0.3, -0.25) is 4.79 Å². The number of rotatable bonds is 3. The third-order valence-corrected chi connectivity index (χ3v) is 5.42. The van der Waals surface area contributed by atoms with Gasteiger partial charge in [0, 0.05) is 37.3 Å². The van der Waals surface area contributed by atoms with Gasteiger partial charge >= 0.3 is 0 Å². The van der Waals surface area contributed by atoms with E-state index in [0.29, 0.717) is 24.8 Å². The molecule has 0 saturated carbocycles. The molecule has 0 aromatic carbocycles. The third kappa shape index (κ3) is 3.03. The van der Waals surface area contributed by atoms with Crippen LogP contribution in [0.1, 0.15) is 40.9 Å². The van der Waals surface area contributed by atoms with Gasteiger partial charge in [0.1, 0.15) is 5.01 Å². The maximum absolute atomic E-state index is 12.9. The number of carbonyl (C=O) groups is 1. The molecule has 4 rings (SSSR count). The summed E-state index contributed by atoms with van der Waals surface area (Å²) in [6.45, 7) is 3.62. The highest BCUT2D eigenvalue weighted by atomic mass is 32.1. The van der Waals surface area contributed by atoms with E-state index in [1.165, 1.54) is 0 Å². The molecule has 2 saturated heterocycles. The summed E-state index contributed by atoms with van der Waals surface area (Å²) >= 11 is 1.60. The van der Waals surface area contributed by atoms with Crippen molar-refractivity contribution in [3.8, 4) is 0 Å². The van der Waals surface area contributed by atoms with Crippen LogP contribution in [-0.2, 0) is 4.74 Å². The summed E-state index contributed by atoms with van der Waals surface area (Å²) in [5.74, 6) is 0.923. The van der Waals surface area contributed by atoms with Gasteiger partial charge in [0.15, 0.2) is 5.82 Å². The number of nitrogens with zero attached hydrogens (tertiary/aromatic N) is 4. The lowest BCUT2D eigenvalue weighted by Gasteiger charge is -2.33. The van der Waals surface area contributed by atoms with Gasteiger partial charge in [-0.2, -0.15) is 0 Å².